The van der Waals surface area contributed by atoms with Crippen molar-refractivity contribution in [2.75, 3.05) is 4.90 Å². The smallest absolute Gasteiger partial charge is 0.135 e. The van der Waals surface area contributed by atoms with E-state index in [-0.39, 0.29) is 0 Å². The molecule has 256 valence electrons. The molecule has 0 saturated carbocycles. The lowest BCUT2D eigenvalue weighted by Gasteiger charge is -2.26. The Morgan fingerprint density at radius 1 is 0.255 bits per heavy atom. The number of anilines is 3. The van der Waals surface area contributed by atoms with Gasteiger partial charge in [0.15, 0.2) is 0 Å². The molecule has 0 N–H and O–H groups in total. The molecule has 0 atom stereocenters. The molecule has 3 heteroatoms. The molecule has 0 unspecified atom stereocenters. The van der Waals surface area contributed by atoms with Gasteiger partial charge in [0.25, 0.3) is 0 Å². The molecule has 0 fully saturated rings. The van der Waals surface area contributed by atoms with Crippen LogP contribution in [0.2, 0.25) is 0 Å². The minimum atomic E-state index is 0.876. The maximum atomic E-state index is 6.23. The minimum Gasteiger partial charge on any atom is -0.456 e. The van der Waals surface area contributed by atoms with E-state index in [2.05, 4.69) is 169 Å². The van der Waals surface area contributed by atoms with Crippen LogP contribution in [0.4, 0.5) is 17.1 Å². The van der Waals surface area contributed by atoms with Gasteiger partial charge >= 0.3 is 0 Å². The SMILES string of the molecule is c1ccc2cc3c4ccc(-c5ccc(N(c6ccc7oc8ccccc8c7c6)c6ccc7oc8ccccc8c7c6)cc5)cc4c4ccccc4c3cc2c1. The zero-order valence-electron chi connectivity index (χ0n) is 29.7. The minimum absolute atomic E-state index is 0.876. The van der Waals surface area contributed by atoms with Gasteiger partial charge in [-0.15, -0.1) is 0 Å². The van der Waals surface area contributed by atoms with Gasteiger partial charge in [-0.1, -0.05) is 109 Å². The van der Waals surface area contributed by atoms with Crippen molar-refractivity contribution in [3.63, 3.8) is 0 Å². The van der Waals surface area contributed by atoms with Crippen LogP contribution in [0.15, 0.2) is 197 Å². The molecule has 0 spiro atoms. The number of nitrogens with zero attached hydrogens (tertiary/aromatic N) is 1. The topological polar surface area (TPSA) is 29.5 Å². The van der Waals surface area contributed by atoms with Crippen LogP contribution in [0, 0.1) is 0 Å². The molecule has 0 saturated heterocycles. The maximum Gasteiger partial charge on any atom is 0.135 e. The average molecular weight is 702 g/mol. The first-order chi connectivity index (χ1) is 27.2. The normalized spacial score (nSPS) is 12.0. The zero-order chi connectivity index (χ0) is 36.0. The van der Waals surface area contributed by atoms with Crippen molar-refractivity contribution >= 4 is 104 Å². The number of para-hydroxylation sites is 2. The van der Waals surface area contributed by atoms with E-state index >= 15 is 0 Å². The van der Waals surface area contributed by atoms with Gasteiger partial charge in [-0.3, -0.25) is 0 Å². The van der Waals surface area contributed by atoms with Gasteiger partial charge in [0, 0.05) is 38.6 Å². The Morgan fingerprint density at radius 3 is 1.24 bits per heavy atom. The van der Waals surface area contributed by atoms with Crippen LogP contribution in [0.1, 0.15) is 0 Å². The Hall–Kier alpha value is -7.36. The lowest BCUT2D eigenvalue weighted by Crippen LogP contribution is -2.09. The molecule has 0 amide bonds. The van der Waals surface area contributed by atoms with Gasteiger partial charge in [0.05, 0.1) is 0 Å². The summed E-state index contributed by atoms with van der Waals surface area (Å²) in [5.41, 5.74) is 9.05. The molecule has 10 aromatic carbocycles. The fraction of sp³-hybridized carbons (Fsp3) is 0. The molecule has 55 heavy (non-hydrogen) atoms. The molecule has 0 aliphatic rings. The summed E-state index contributed by atoms with van der Waals surface area (Å²) >= 11 is 0. The first kappa shape index (κ1) is 30.1. The van der Waals surface area contributed by atoms with Crippen LogP contribution in [0.25, 0.3) is 98.1 Å². The fourth-order valence-corrected chi connectivity index (χ4v) is 8.78. The molecule has 3 nitrogen and oxygen atoms in total. The monoisotopic (exact) mass is 701 g/mol. The fourth-order valence-electron chi connectivity index (χ4n) is 8.78. The maximum absolute atomic E-state index is 6.23. The van der Waals surface area contributed by atoms with Crippen molar-refractivity contribution in [1.29, 1.82) is 0 Å². The van der Waals surface area contributed by atoms with Crippen LogP contribution in [-0.4, -0.2) is 0 Å². The largest absolute Gasteiger partial charge is 0.456 e. The summed E-state index contributed by atoms with van der Waals surface area (Å²) in [4.78, 5) is 2.33. The van der Waals surface area contributed by atoms with Crippen molar-refractivity contribution in [3.8, 4) is 11.1 Å². The standard InChI is InChI=1S/C52H31NO2/c1-2-10-34-28-46-41-24-19-35(29-44(41)39-11-3-4-12-40(39)45(46)27-33(34)9-1)32-17-20-36(21-18-32)53(37-22-25-51-47(30-37)42-13-5-7-15-49(42)54-51)38-23-26-52-48(31-38)43-14-6-8-16-50(43)55-52/h1-31H. The van der Waals surface area contributed by atoms with Gasteiger partial charge in [-0.05, 0) is 133 Å². The number of rotatable bonds is 4. The highest BCUT2D eigenvalue weighted by Crippen LogP contribution is 2.43. The van der Waals surface area contributed by atoms with Gasteiger partial charge in [0.2, 0.25) is 0 Å². The molecule has 2 aromatic heterocycles. The highest BCUT2D eigenvalue weighted by molar-refractivity contribution is 6.27. The average Bonchev–Trinajstić information content (AvgIpc) is 3.81. The molecule has 0 radical (unpaired) electrons. The zero-order valence-corrected chi connectivity index (χ0v) is 29.7. The van der Waals surface area contributed by atoms with Gasteiger partial charge in [0.1, 0.15) is 22.3 Å². The van der Waals surface area contributed by atoms with E-state index < -0.39 is 0 Å². The molecule has 0 bridgehead atoms. The lowest BCUT2D eigenvalue weighted by molar-refractivity contribution is 0.668. The lowest BCUT2D eigenvalue weighted by atomic mass is 9.90. The van der Waals surface area contributed by atoms with E-state index in [9.17, 15) is 0 Å². The predicted molar refractivity (Wildman–Crippen MR) is 231 cm³/mol. The third-order valence-electron chi connectivity index (χ3n) is 11.4. The molecule has 12 aromatic rings. The van der Waals surface area contributed by atoms with Gasteiger partial charge < -0.3 is 13.7 Å². The predicted octanol–water partition coefficient (Wildman–Crippen LogP) is 15.2. The van der Waals surface area contributed by atoms with Gasteiger partial charge in [-0.25, -0.2) is 0 Å². The second-order valence-electron chi connectivity index (χ2n) is 14.5. The second kappa shape index (κ2) is 11.6. The van der Waals surface area contributed by atoms with Crippen molar-refractivity contribution in [3.05, 3.63) is 188 Å². The molecule has 0 aliphatic carbocycles. The molecular formula is C52H31NO2. The van der Waals surface area contributed by atoms with Crippen LogP contribution >= 0.6 is 0 Å². The number of furan rings is 2. The third-order valence-corrected chi connectivity index (χ3v) is 11.4. The quantitative estimate of drug-likeness (QED) is 0.135. The Kier molecular flexibility index (Phi) is 6.34. The summed E-state index contributed by atoms with van der Waals surface area (Å²) in [7, 11) is 0. The van der Waals surface area contributed by atoms with E-state index in [1.54, 1.807) is 0 Å². The van der Waals surface area contributed by atoms with Crippen molar-refractivity contribution < 1.29 is 8.83 Å². The van der Waals surface area contributed by atoms with E-state index in [0.717, 1.165) is 60.9 Å². The molecule has 12 rings (SSSR count). The molecule has 2 heterocycles. The van der Waals surface area contributed by atoms with Crippen LogP contribution in [0.5, 0.6) is 0 Å². The highest BCUT2D eigenvalue weighted by atomic mass is 16.3. The summed E-state index contributed by atoms with van der Waals surface area (Å²) in [5.74, 6) is 0. The van der Waals surface area contributed by atoms with Crippen LogP contribution in [0.3, 0.4) is 0 Å². The molecule has 0 aliphatic heterocycles. The summed E-state index contributed by atoms with van der Waals surface area (Å²) in [5, 5.41) is 14.6. The Labute approximate surface area is 315 Å². The Morgan fingerprint density at radius 2 is 0.673 bits per heavy atom. The van der Waals surface area contributed by atoms with Crippen LogP contribution < -0.4 is 4.90 Å². The number of hydrogen-bond acceptors (Lipinski definition) is 3. The Bertz CT molecular complexity index is 3380. The number of hydrogen-bond donors (Lipinski definition) is 0. The number of benzene rings is 10. The second-order valence-corrected chi connectivity index (χ2v) is 14.5. The van der Waals surface area contributed by atoms with Crippen molar-refractivity contribution in [2.24, 2.45) is 0 Å². The van der Waals surface area contributed by atoms with E-state index in [1.807, 2.05) is 24.3 Å². The van der Waals surface area contributed by atoms with Crippen molar-refractivity contribution in [1.82, 2.24) is 0 Å². The van der Waals surface area contributed by atoms with Crippen molar-refractivity contribution in [2.45, 2.75) is 0 Å². The Balaban J connectivity index is 1.02. The number of fused-ring (bicyclic) bond motifs is 13. The van der Waals surface area contributed by atoms with Crippen LogP contribution in [-0.2, 0) is 0 Å². The van der Waals surface area contributed by atoms with E-state index in [0.29, 0.717) is 0 Å². The first-order valence-electron chi connectivity index (χ1n) is 18.7. The van der Waals surface area contributed by atoms with Gasteiger partial charge in [-0.2, -0.15) is 0 Å². The summed E-state index contributed by atoms with van der Waals surface area (Å²) in [6, 6.07) is 67.6. The summed E-state index contributed by atoms with van der Waals surface area (Å²) < 4.78 is 12.5. The summed E-state index contributed by atoms with van der Waals surface area (Å²) in [6.45, 7) is 0. The molecular weight excluding hydrogens is 671 g/mol. The van der Waals surface area contributed by atoms with E-state index in [4.69, 9.17) is 8.83 Å². The summed E-state index contributed by atoms with van der Waals surface area (Å²) in [6.07, 6.45) is 0. The third kappa shape index (κ3) is 4.63. The first-order valence-corrected chi connectivity index (χ1v) is 18.7. The van der Waals surface area contributed by atoms with E-state index in [1.165, 1.54) is 54.2 Å². The highest BCUT2D eigenvalue weighted by Gasteiger charge is 2.18.